The maximum atomic E-state index is 13.0. The van der Waals surface area contributed by atoms with Crippen LogP contribution in [-0.2, 0) is 4.79 Å². The number of benzene rings is 2. The molecule has 0 unspecified atom stereocenters. The van der Waals surface area contributed by atoms with Gasteiger partial charge in [-0.3, -0.25) is 14.3 Å². The largest absolute Gasteiger partial charge is 0.310 e. The van der Waals surface area contributed by atoms with Gasteiger partial charge < -0.3 is 5.32 Å². The molecule has 0 saturated carbocycles. The van der Waals surface area contributed by atoms with Crippen molar-refractivity contribution < 1.29 is 4.79 Å². The second-order valence-electron chi connectivity index (χ2n) is 8.40. The van der Waals surface area contributed by atoms with Crippen LogP contribution in [0.15, 0.2) is 84.3 Å². The summed E-state index contributed by atoms with van der Waals surface area (Å²) in [7, 11) is 0. The fourth-order valence-corrected chi connectivity index (χ4v) is 4.56. The molecule has 180 valence electrons. The number of aryl methyl sites for hydroxylation is 3. The SMILES string of the molecule is Cc1cc(NC(=O)CSc2nnc(-c3ccncc3)n2-c2ccc(C)c(C)c2)n(-c2ccccc2)n1. The zero-order valence-corrected chi connectivity index (χ0v) is 21.0. The predicted molar refractivity (Wildman–Crippen MR) is 142 cm³/mol. The van der Waals surface area contributed by atoms with Gasteiger partial charge in [-0.1, -0.05) is 36.0 Å². The first-order valence-corrected chi connectivity index (χ1v) is 12.5. The van der Waals surface area contributed by atoms with Crippen LogP contribution >= 0.6 is 11.8 Å². The number of carbonyl (C=O) groups is 1. The molecule has 0 bridgehead atoms. The van der Waals surface area contributed by atoms with Crippen LogP contribution in [0.4, 0.5) is 5.82 Å². The Morgan fingerprint density at radius 1 is 0.889 bits per heavy atom. The van der Waals surface area contributed by atoms with Gasteiger partial charge in [0.1, 0.15) is 5.82 Å². The molecule has 8 nitrogen and oxygen atoms in total. The molecule has 0 radical (unpaired) electrons. The van der Waals surface area contributed by atoms with E-state index in [1.54, 1.807) is 17.1 Å². The molecule has 0 saturated heterocycles. The number of anilines is 1. The lowest BCUT2D eigenvalue weighted by Crippen LogP contribution is -2.17. The minimum atomic E-state index is -0.155. The Morgan fingerprint density at radius 3 is 2.42 bits per heavy atom. The van der Waals surface area contributed by atoms with Gasteiger partial charge in [-0.25, -0.2) is 4.68 Å². The number of aromatic nitrogens is 6. The molecular weight excluding hydrogens is 470 g/mol. The van der Waals surface area contributed by atoms with E-state index in [1.165, 1.54) is 22.9 Å². The zero-order valence-electron chi connectivity index (χ0n) is 20.2. The molecule has 5 rings (SSSR count). The second-order valence-corrected chi connectivity index (χ2v) is 9.34. The highest BCUT2D eigenvalue weighted by Gasteiger charge is 2.18. The number of nitrogens with one attached hydrogen (secondary N) is 1. The third-order valence-corrected chi connectivity index (χ3v) is 6.68. The van der Waals surface area contributed by atoms with Crippen molar-refractivity contribution in [3.8, 4) is 22.8 Å². The Labute approximate surface area is 213 Å². The summed E-state index contributed by atoms with van der Waals surface area (Å²) in [6, 6.07) is 21.6. The number of para-hydroxylation sites is 1. The fourth-order valence-electron chi connectivity index (χ4n) is 3.81. The maximum absolute atomic E-state index is 13.0. The first kappa shape index (κ1) is 23.5. The smallest absolute Gasteiger partial charge is 0.236 e. The fraction of sp³-hybridized carbons (Fsp3) is 0.148. The van der Waals surface area contributed by atoms with Gasteiger partial charge >= 0.3 is 0 Å². The van der Waals surface area contributed by atoms with Crippen LogP contribution in [0.3, 0.4) is 0 Å². The van der Waals surface area contributed by atoms with Crippen molar-refractivity contribution in [1.82, 2.24) is 29.5 Å². The van der Waals surface area contributed by atoms with Gasteiger partial charge in [-0.2, -0.15) is 5.10 Å². The molecule has 0 spiro atoms. The van der Waals surface area contributed by atoms with Crippen LogP contribution in [0.1, 0.15) is 16.8 Å². The minimum Gasteiger partial charge on any atom is -0.310 e. The normalized spacial score (nSPS) is 11.0. The average molecular weight is 496 g/mol. The average Bonchev–Trinajstić information content (AvgIpc) is 3.48. The minimum absolute atomic E-state index is 0.155. The summed E-state index contributed by atoms with van der Waals surface area (Å²) in [4.78, 5) is 17.1. The van der Waals surface area contributed by atoms with Crippen molar-refractivity contribution in [2.24, 2.45) is 0 Å². The van der Waals surface area contributed by atoms with E-state index in [9.17, 15) is 4.79 Å². The molecule has 0 atom stereocenters. The van der Waals surface area contributed by atoms with Crippen LogP contribution in [-0.4, -0.2) is 41.2 Å². The van der Waals surface area contributed by atoms with Crippen molar-refractivity contribution in [2.45, 2.75) is 25.9 Å². The molecule has 5 aromatic rings. The Balaban J connectivity index is 1.40. The molecular formula is C27H25N7OS. The first-order valence-electron chi connectivity index (χ1n) is 11.5. The Kier molecular flexibility index (Phi) is 6.64. The number of amides is 1. The van der Waals surface area contributed by atoms with Gasteiger partial charge in [0.15, 0.2) is 11.0 Å². The summed E-state index contributed by atoms with van der Waals surface area (Å²) in [5.74, 6) is 1.33. The van der Waals surface area contributed by atoms with E-state index < -0.39 is 0 Å². The highest BCUT2D eigenvalue weighted by atomic mass is 32.2. The van der Waals surface area contributed by atoms with Crippen molar-refractivity contribution in [3.63, 3.8) is 0 Å². The summed E-state index contributed by atoms with van der Waals surface area (Å²) in [6.45, 7) is 6.06. The molecule has 0 aliphatic rings. The van der Waals surface area contributed by atoms with Gasteiger partial charge in [0.05, 0.1) is 22.8 Å². The number of hydrogen-bond acceptors (Lipinski definition) is 6. The monoisotopic (exact) mass is 495 g/mol. The summed E-state index contributed by atoms with van der Waals surface area (Å²) in [5, 5.41) is 17.0. The van der Waals surface area contributed by atoms with E-state index in [1.807, 2.05) is 66.1 Å². The van der Waals surface area contributed by atoms with E-state index >= 15 is 0 Å². The molecule has 1 amide bonds. The Morgan fingerprint density at radius 2 is 1.67 bits per heavy atom. The van der Waals surface area contributed by atoms with Gasteiger partial charge in [0.2, 0.25) is 5.91 Å². The van der Waals surface area contributed by atoms with Crippen molar-refractivity contribution in [3.05, 3.63) is 95.9 Å². The summed E-state index contributed by atoms with van der Waals surface area (Å²) in [5.41, 5.74) is 5.91. The van der Waals surface area contributed by atoms with Crippen LogP contribution < -0.4 is 5.32 Å². The van der Waals surface area contributed by atoms with Crippen molar-refractivity contribution in [1.29, 1.82) is 0 Å². The van der Waals surface area contributed by atoms with Gasteiger partial charge in [0.25, 0.3) is 0 Å². The molecule has 1 N–H and O–H groups in total. The van der Waals surface area contributed by atoms with Gasteiger partial charge in [-0.05, 0) is 68.3 Å². The third-order valence-electron chi connectivity index (χ3n) is 5.75. The number of pyridine rings is 1. The van der Waals surface area contributed by atoms with Crippen molar-refractivity contribution in [2.75, 3.05) is 11.1 Å². The van der Waals surface area contributed by atoms with E-state index in [-0.39, 0.29) is 11.7 Å². The predicted octanol–water partition coefficient (Wildman–Crippen LogP) is 5.17. The summed E-state index contributed by atoms with van der Waals surface area (Å²) in [6.07, 6.45) is 3.46. The third kappa shape index (κ3) is 4.92. The number of carbonyl (C=O) groups excluding carboxylic acids is 1. The number of hydrogen-bond donors (Lipinski definition) is 1. The van der Waals surface area contributed by atoms with E-state index in [0.29, 0.717) is 16.8 Å². The Bertz CT molecular complexity index is 1510. The van der Waals surface area contributed by atoms with E-state index in [2.05, 4.69) is 51.6 Å². The van der Waals surface area contributed by atoms with Gasteiger partial charge in [0, 0.05) is 24.0 Å². The van der Waals surface area contributed by atoms with Gasteiger partial charge in [-0.15, -0.1) is 10.2 Å². The van der Waals surface area contributed by atoms with Crippen LogP contribution in [0, 0.1) is 20.8 Å². The molecule has 3 aromatic heterocycles. The standard InChI is InChI=1S/C27H25N7OS/c1-18-9-10-23(15-19(18)2)33-26(21-11-13-28-14-12-21)30-31-27(33)36-17-25(35)29-24-16-20(3)32-34(24)22-7-5-4-6-8-22/h4-16H,17H2,1-3H3,(H,29,35). The zero-order chi connectivity index (χ0) is 25.1. The van der Waals surface area contributed by atoms with Crippen LogP contribution in [0.5, 0.6) is 0 Å². The second kappa shape index (κ2) is 10.2. The first-order chi connectivity index (χ1) is 17.5. The molecule has 2 aromatic carbocycles. The van der Waals surface area contributed by atoms with Crippen LogP contribution in [0.25, 0.3) is 22.8 Å². The van der Waals surface area contributed by atoms with Crippen molar-refractivity contribution >= 4 is 23.5 Å². The lowest BCUT2D eigenvalue weighted by Gasteiger charge is -2.12. The number of thioether (sulfide) groups is 1. The maximum Gasteiger partial charge on any atom is 0.236 e. The molecule has 0 aliphatic carbocycles. The topological polar surface area (TPSA) is 90.5 Å². The molecule has 0 aliphatic heterocycles. The lowest BCUT2D eigenvalue weighted by atomic mass is 10.1. The lowest BCUT2D eigenvalue weighted by molar-refractivity contribution is -0.113. The number of nitrogens with zero attached hydrogens (tertiary/aromatic N) is 6. The summed E-state index contributed by atoms with van der Waals surface area (Å²) < 4.78 is 3.72. The molecule has 0 fully saturated rings. The van der Waals surface area contributed by atoms with Crippen LogP contribution in [0.2, 0.25) is 0 Å². The van der Waals surface area contributed by atoms with E-state index in [0.717, 1.165) is 22.6 Å². The molecule has 9 heteroatoms. The van der Waals surface area contributed by atoms with E-state index in [4.69, 9.17) is 0 Å². The summed E-state index contributed by atoms with van der Waals surface area (Å²) >= 11 is 1.34. The highest BCUT2D eigenvalue weighted by molar-refractivity contribution is 7.99. The molecule has 3 heterocycles. The molecule has 36 heavy (non-hydrogen) atoms. The number of rotatable bonds is 7. The highest BCUT2D eigenvalue weighted by Crippen LogP contribution is 2.29. The quantitative estimate of drug-likeness (QED) is 0.313. The Hall–Kier alpha value is -4.24.